The van der Waals surface area contributed by atoms with Crippen LogP contribution in [-0.4, -0.2) is 11.9 Å². The van der Waals surface area contributed by atoms with Crippen LogP contribution in [0.25, 0.3) is 0 Å². The van der Waals surface area contributed by atoms with E-state index in [2.05, 4.69) is 16.6 Å². The molecule has 0 fully saturated rings. The van der Waals surface area contributed by atoms with Crippen LogP contribution < -0.4 is 0 Å². The number of aliphatic imine (C=N–C) groups is 2. The second-order valence-electron chi connectivity index (χ2n) is 3.17. The molecule has 68 valence electrons. The molecule has 2 heteroatoms. The molecule has 0 atom stereocenters. The van der Waals surface area contributed by atoms with E-state index in [4.69, 9.17) is 0 Å². The van der Waals surface area contributed by atoms with E-state index in [-0.39, 0.29) is 0 Å². The first-order valence-corrected chi connectivity index (χ1v) is 4.24. The largest absolute Gasteiger partial charge is 0.255 e. The number of nitrogens with zero attached hydrogens (tertiary/aromatic N) is 2. The molecule has 0 unspecified atom stereocenters. The Bertz CT molecular complexity index is 337. The molecule has 0 radical (unpaired) electrons. The molecule has 1 aliphatic heterocycles. The Morgan fingerprint density at radius 1 is 1.38 bits per heavy atom. The summed E-state index contributed by atoms with van der Waals surface area (Å²) in [6, 6.07) is 0. The van der Waals surface area contributed by atoms with Gasteiger partial charge in [0.2, 0.25) is 0 Å². The fourth-order valence-electron chi connectivity index (χ4n) is 0.824. The van der Waals surface area contributed by atoms with E-state index in [0.717, 1.165) is 17.1 Å². The van der Waals surface area contributed by atoms with Crippen molar-refractivity contribution < 1.29 is 0 Å². The topological polar surface area (TPSA) is 24.7 Å². The van der Waals surface area contributed by atoms with Gasteiger partial charge >= 0.3 is 0 Å². The van der Waals surface area contributed by atoms with Gasteiger partial charge < -0.3 is 0 Å². The minimum Gasteiger partial charge on any atom is -0.255 e. The lowest BCUT2D eigenvalue weighted by Gasteiger charge is -2.04. The monoisotopic (exact) mass is 174 g/mol. The van der Waals surface area contributed by atoms with Gasteiger partial charge in [-0.2, -0.15) is 0 Å². The SMILES string of the molecule is C=C1N=CC=CC1=NC(C)=C(C)C. The van der Waals surface area contributed by atoms with Crippen LogP contribution >= 0.6 is 0 Å². The zero-order chi connectivity index (χ0) is 9.84. The number of hydrogen-bond acceptors (Lipinski definition) is 2. The Balaban J connectivity index is 2.96. The normalized spacial score (nSPS) is 18.1. The Labute approximate surface area is 79.1 Å². The first kappa shape index (κ1) is 9.65. The minimum atomic E-state index is 0.725. The van der Waals surface area contributed by atoms with E-state index in [9.17, 15) is 0 Å². The Morgan fingerprint density at radius 3 is 2.62 bits per heavy atom. The quantitative estimate of drug-likeness (QED) is 0.584. The zero-order valence-corrected chi connectivity index (χ0v) is 8.33. The van der Waals surface area contributed by atoms with Gasteiger partial charge in [0, 0.05) is 11.9 Å². The van der Waals surface area contributed by atoms with Gasteiger partial charge in [0.25, 0.3) is 0 Å². The molecule has 0 bridgehead atoms. The van der Waals surface area contributed by atoms with Gasteiger partial charge in [-0.05, 0) is 32.9 Å². The van der Waals surface area contributed by atoms with Gasteiger partial charge in [-0.25, -0.2) is 0 Å². The standard InChI is InChI=1S/C11H14N2/c1-8(2)9(3)13-11-6-5-7-12-10(11)4/h5-7H,4H2,1-3H3. The van der Waals surface area contributed by atoms with Crippen LogP contribution in [0.15, 0.2) is 45.7 Å². The van der Waals surface area contributed by atoms with Crippen molar-refractivity contribution in [1.29, 1.82) is 0 Å². The van der Waals surface area contributed by atoms with E-state index in [1.54, 1.807) is 6.21 Å². The van der Waals surface area contributed by atoms with Crippen molar-refractivity contribution in [2.75, 3.05) is 0 Å². The molecule has 0 aromatic heterocycles. The highest BCUT2D eigenvalue weighted by Crippen LogP contribution is 2.09. The average molecular weight is 174 g/mol. The summed E-state index contributed by atoms with van der Waals surface area (Å²) < 4.78 is 0. The molecule has 1 aliphatic rings. The molecule has 2 nitrogen and oxygen atoms in total. The average Bonchev–Trinajstić information content (AvgIpc) is 2.08. The van der Waals surface area contributed by atoms with E-state index in [0.29, 0.717) is 0 Å². The van der Waals surface area contributed by atoms with Crippen LogP contribution in [0, 0.1) is 0 Å². The third-order valence-electron chi connectivity index (χ3n) is 1.88. The fourth-order valence-corrected chi connectivity index (χ4v) is 0.824. The number of hydrogen-bond donors (Lipinski definition) is 0. The third-order valence-corrected chi connectivity index (χ3v) is 1.88. The third kappa shape index (κ3) is 2.51. The highest BCUT2D eigenvalue weighted by Gasteiger charge is 2.02. The predicted molar refractivity (Wildman–Crippen MR) is 58.3 cm³/mol. The van der Waals surface area contributed by atoms with Crippen molar-refractivity contribution in [1.82, 2.24) is 0 Å². The van der Waals surface area contributed by atoms with Crippen LogP contribution in [0.1, 0.15) is 20.8 Å². The first-order valence-electron chi connectivity index (χ1n) is 4.24. The molecule has 0 aliphatic carbocycles. The molecular formula is C11H14N2. The van der Waals surface area contributed by atoms with Gasteiger partial charge in [0.05, 0.1) is 11.4 Å². The molecule has 13 heavy (non-hydrogen) atoms. The Kier molecular flexibility index (Phi) is 2.96. The molecule has 0 spiro atoms. The lowest BCUT2D eigenvalue weighted by molar-refractivity contribution is 1.18. The molecule has 0 aromatic rings. The smallest absolute Gasteiger partial charge is 0.0883 e. The molecule has 1 rings (SSSR count). The van der Waals surface area contributed by atoms with Crippen LogP contribution in [0.3, 0.4) is 0 Å². The van der Waals surface area contributed by atoms with Gasteiger partial charge in [0.15, 0.2) is 0 Å². The minimum absolute atomic E-state index is 0.725. The molecule has 0 aromatic carbocycles. The van der Waals surface area contributed by atoms with Crippen molar-refractivity contribution in [2.45, 2.75) is 20.8 Å². The lowest BCUT2D eigenvalue weighted by Crippen LogP contribution is -2.00. The number of dihydropyridines is 1. The van der Waals surface area contributed by atoms with Crippen LogP contribution in [-0.2, 0) is 0 Å². The van der Waals surface area contributed by atoms with Crippen LogP contribution in [0.2, 0.25) is 0 Å². The predicted octanol–water partition coefficient (Wildman–Crippen LogP) is 2.90. The van der Waals surface area contributed by atoms with Crippen LogP contribution in [0.4, 0.5) is 0 Å². The highest BCUT2D eigenvalue weighted by molar-refractivity contribution is 6.12. The van der Waals surface area contributed by atoms with Crippen LogP contribution in [0.5, 0.6) is 0 Å². The summed E-state index contributed by atoms with van der Waals surface area (Å²) in [7, 11) is 0. The van der Waals surface area contributed by atoms with Gasteiger partial charge in [-0.3, -0.25) is 9.98 Å². The highest BCUT2D eigenvalue weighted by atomic mass is 14.8. The Hall–Kier alpha value is -1.44. The maximum absolute atomic E-state index is 4.41. The van der Waals surface area contributed by atoms with Crippen molar-refractivity contribution in [3.8, 4) is 0 Å². The van der Waals surface area contributed by atoms with E-state index < -0.39 is 0 Å². The first-order chi connectivity index (χ1) is 6.11. The van der Waals surface area contributed by atoms with Crippen molar-refractivity contribution >= 4 is 11.9 Å². The molecule has 0 amide bonds. The van der Waals surface area contributed by atoms with Crippen molar-refractivity contribution in [3.63, 3.8) is 0 Å². The van der Waals surface area contributed by atoms with E-state index in [1.165, 1.54) is 5.57 Å². The summed E-state index contributed by atoms with van der Waals surface area (Å²) in [5, 5.41) is 0. The van der Waals surface area contributed by atoms with Crippen molar-refractivity contribution in [2.24, 2.45) is 9.98 Å². The summed E-state index contributed by atoms with van der Waals surface area (Å²) >= 11 is 0. The van der Waals surface area contributed by atoms with Gasteiger partial charge in [-0.1, -0.05) is 12.2 Å². The summed E-state index contributed by atoms with van der Waals surface area (Å²) in [4.78, 5) is 8.48. The summed E-state index contributed by atoms with van der Waals surface area (Å²) in [6.45, 7) is 9.87. The maximum Gasteiger partial charge on any atom is 0.0883 e. The van der Waals surface area contributed by atoms with E-state index >= 15 is 0 Å². The summed E-state index contributed by atoms with van der Waals surface area (Å²) in [5.74, 6) is 0. The summed E-state index contributed by atoms with van der Waals surface area (Å²) in [6.07, 6.45) is 5.51. The van der Waals surface area contributed by atoms with Gasteiger partial charge in [0.1, 0.15) is 0 Å². The van der Waals surface area contributed by atoms with Gasteiger partial charge in [-0.15, -0.1) is 0 Å². The molecule has 0 saturated carbocycles. The second kappa shape index (κ2) is 3.99. The Morgan fingerprint density at radius 2 is 2.08 bits per heavy atom. The second-order valence-corrected chi connectivity index (χ2v) is 3.17. The fraction of sp³-hybridized carbons (Fsp3) is 0.273. The number of rotatable bonds is 1. The summed E-state index contributed by atoms with van der Waals surface area (Å²) in [5.41, 5.74) is 3.81. The van der Waals surface area contributed by atoms with E-state index in [1.807, 2.05) is 32.9 Å². The molecular weight excluding hydrogens is 160 g/mol. The molecule has 0 N–H and O–H groups in total. The zero-order valence-electron chi connectivity index (χ0n) is 8.33. The maximum atomic E-state index is 4.41. The van der Waals surface area contributed by atoms with Crippen molar-refractivity contribution in [3.05, 3.63) is 35.7 Å². The molecule has 1 heterocycles. The lowest BCUT2D eigenvalue weighted by atomic mass is 10.2. The molecule has 0 saturated heterocycles. The number of allylic oxidation sites excluding steroid dienone is 4.